The molecular weight excluding hydrogens is 597 g/mol. The number of phosphoric acid groups is 3. The molecular formula is C15H23N6O15P3. The SMILES string of the molecule is CC(=O)OC[C@H]1[C@@H](OC(C)=O)[C@H](n2cnc3c(N)nc(N)nc32)O[C@@H]1COP(=O)(O)OP(=O)(O)OP(=O)(O)O. The number of esters is 2. The van der Waals surface area contributed by atoms with Gasteiger partial charge in [-0.25, -0.2) is 18.7 Å². The summed E-state index contributed by atoms with van der Waals surface area (Å²) < 4.78 is 64.2. The number of nitrogens with zero attached hydrogens (tertiary/aromatic N) is 4. The number of fused-ring (bicyclic) bond motifs is 1. The molecule has 1 saturated heterocycles. The zero-order chi connectivity index (χ0) is 29.3. The first kappa shape index (κ1) is 31.0. The summed E-state index contributed by atoms with van der Waals surface area (Å²) in [7, 11) is -16.9. The van der Waals surface area contributed by atoms with Crippen LogP contribution in [0, 0.1) is 5.92 Å². The quantitative estimate of drug-likeness (QED) is 0.134. The van der Waals surface area contributed by atoms with Crippen molar-refractivity contribution in [3.05, 3.63) is 6.33 Å². The number of anilines is 2. The second kappa shape index (κ2) is 11.5. The third kappa shape index (κ3) is 8.23. The molecule has 0 bridgehead atoms. The average molecular weight is 620 g/mol. The maximum atomic E-state index is 12.2. The number of nitrogens with two attached hydrogens (primary N) is 2. The zero-order valence-electron chi connectivity index (χ0n) is 19.9. The number of nitrogen functional groups attached to an aromatic ring is 2. The topological polar surface area (TPSA) is 317 Å². The lowest BCUT2D eigenvalue weighted by atomic mass is 9.99. The van der Waals surface area contributed by atoms with Crippen molar-refractivity contribution < 1.29 is 70.2 Å². The van der Waals surface area contributed by atoms with Gasteiger partial charge in [-0.2, -0.15) is 18.6 Å². The number of carbonyl (C=O) groups is 2. The van der Waals surface area contributed by atoms with Crippen molar-refractivity contribution in [1.82, 2.24) is 19.5 Å². The van der Waals surface area contributed by atoms with Crippen LogP contribution in [0.25, 0.3) is 11.2 Å². The maximum absolute atomic E-state index is 12.2. The summed E-state index contributed by atoms with van der Waals surface area (Å²) >= 11 is 0. The maximum Gasteiger partial charge on any atom is 0.490 e. The van der Waals surface area contributed by atoms with Gasteiger partial charge in [-0.15, -0.1) is 0 Å². The molecule has 0 spiro atoms. The van der Waals surface area contributed by atoms with Crippen LogP contribution in [0.1, 0.15) is 20.1 Å². The van der Waals surface area contributed by atoms with E-state index in [9.17, 15) is 33.1 Å². The molecule has 218 valence electrons. The third-order valence-electron chi connectivity index (χ3n) is 4.83. The number of ether oxygens (including phenoxy) is 3. The van der Waals surface area contributed by atoms with Gasteiger partial charge in [0.1, 0.15) is 12.1 Å². The average Bonchev–Trinajstić information content (AvgIpc) is 3.29. The number of hydrogen-bond acceptors (Lipinski definition) is 16. The molecule has 0 saturated carbocycles. The third-order valence-corrected chi connectivity index (χ3v) is 8.64. The first-order valence-electron chi connectivity index (χ1n) is 10.4. The van der Waals surface area contributed by atoms with Gasteiger partial charge in [0.05, 0.1) is 25.0 Å². The van der Waals surface area contributed by atoms with Crippen LogP contribution in [0.3, 0.4) is 0 Å². The van der Waals surface area contributed by atoms with Crippen LogP contribution < -0.4 is 11.5 Å². The molecule has 1 aliphatic heterocycles. The monoisotopic (exact) mass is 620 g/mol. The first-order valence-corrected chi connectivity index (χ1v) is 14.9. The summed E-state index contributed by atoms with van der Waals surface area (Å²) in [6.45, 7) is 0.750. The highest BCUT2D eigenvalue weighted by Crippen LogP contribution is 2.66. The predicted molar refractivity (Wildman–Crippen MR) is 124 cm³/mol. The number of aromatic nitrogens is 4. The molecule has 0 aliphatic carbocycles. The van der Waals surface area contributed by atoms with Gasteiger partial charge in [0, 0.05) is 13.8 Å². The van der Waals surface area contributed by atoms with Crippen molar-refractivity contribution in [3.8, 4) is 0 Å². The number of carbonyl (C=O) groups excluding carboxylic acids is 2. The fourth-order valence-corrected chi connectivity index (χ4v) is 6.56. The molecule has 2 aromatic heterocycles. The molecule has 0 amide bonds. The van der Waals surface area contributed by atoms with Gasteiger partial charge < -0.3 is 45.3 Å². The van der Waals surface area contributed by atoms with E-state index in [1.807, 2.05) is 0 Å². The molecule has 8 N–H and O–H groups in total. The van der Waals surface area contributed by atoms with Gasteiger partial charge in [0.25, 0.3) is 0 Å². The fourth-order valence-electron chi connectivity index (χ4n) is 3.53. The number of imidazole rings is 1. The van der Waals surface area contributed by atoms with E-state index in [-0.39, 0.29) is 22.9 Å². The largest absolute Gasteiger partial charge is 0.490 e. The Morgan fingerprint density at radius 2 is 1.69 bits per heavy atom. The Bertz CT molecular complexity index is 1400. The highest BCUT2D eigenvalue weighted by atomic mass is 31.3. The molecule has 24 heteroatoms. The molecule has 2 unspecified atom stereocenters. The Kier molecular flexibility index (Phi) is 9.15. The minimum Gasteiger partial charge on any atom is -0.465 e. The number of hydrogen-bond donors (Lipinski definition) is 6. The first-order chi connectivity index (χ1) is 17.9. The van der Waals surface area contributed by atoms with Crippen LogP contribution in [0.15, 0.2) is 6.33 Å². The Morgan fingerprint density at radius 1 is 1.03 bits per heavy atom. The van der Waals surface area contributed by atoms with E-state index in [2.05, 4.69) is 28.1 Å². The van der Waals surface area contributed by atoms with Crippen molar-refractivity contribution in [2.75, 3.05) is 24.7 Å². The van der Waals surface area contributed by atoms with E-state index in [0.717, 1.165) is 13.8 Å². The standard InChI is InChI=1S/C15H23N6O15P3/c1-6(22)31-3-8-9(4-32-38(27,28)36-39(29,30)35-37(24,25)26)34-14(11(8)33-7(2)23)21-5-18-10-12(16)19-15(17)20-13(10)21/h5,8-9,11,14H,3-4H2,1-2H3,(H,27,28)(H,29,30)(H2,24,25,26)(H4,16,17,19,20)/t8-,9-,11-,14-/m1/s1. The lowest BCUT2D eigenvalue weighted by Gasteiger charge is -2.24. The predicted octanol–water partition coefficient (Wildman–Crippen LogP) is -0.658. The summed E-state index contributed by atoms with van der Waals surface area (Å²) in [6.07, 6.45) is -2.71. The highest BCUT2D eigenvalue weighted by Gasteiger charge is 2.50. The van der Waals surface area contributed by atoms with Crippen molar-refractivity contribution in [2.24, 2.45) is 5.92 Å². The van der Waals surface area contributed by atoms with Gasteiger partial charge >= 0.3 is 35.4 Å². The molecule has 6 atom stereocenters. The molecule has 1 aliphatic rings. The summed E-state index contributed by atoms with van der Waals surface area (Å²) in [6, 6.07) is 0. The van der Waals surface area contributed by atoms with Crippen molar-refractivity contribution in [3.63, 3.8) is 0 Å². The van der Waals surface area contributed by atoms with E-state index in [0.29, 0.717) is 0 Å². The van der Waals surface area contributed by atoms with Crippen molar-refractivity contribution in [2.45, 2.75) is 32.3 Å². The Morgan fingerprint density at radius 3 is 2.28 bits per heavy atom. The summed E-state index contributed by atoms with van der Waals surface area (Å²) in [5, 5.41) is 0. The van der Waals surface area contributed by atoms with Crippen LogP contribution in [0.5, 0.6) is 0 Å². The van der Waals surface area contributed by atoms with E-state index < -0.39 is 73.0 Å². The number of rotatable bonds is 11. The molecule has 0 radical (unpaired) electrons. The van der Waals surface area contributed by atoms with Crippen LogP contribution >= 0.6 is 23.5 Å². The van der Waals surface area contributed by atoms with Crippen LogP contribution in [0.2, 0.25) is 0 Å². The Balaban J connectivity index is 1.92. The van der Waals surface area contributed by atoms with E-state index in [1.165, 1.54) is 10.9 Å². The Labute approximate surface area is 217 Å². The van der Waals surface area contributed by atoms with Gasteiger partial charge in [0.15, 0.2) is 23.8 Å². The molecule has 0 aromatic carbocycles. The minimum absolute atomic E-state index is 0.0434. The van der Waals surface area contributed by atoms with Crippen LogP contribution in [-0.2, 0) is 50.6 Å². The molecule has 3 rings (SSSR count). The summed E-state index contributed by atoms with van der Waals surface area (Å²) in [5.41, 5.74) is 11.6. The van der Waals surface area contributed by atoms with Gasteiger partial charge in [0.2, 0.25) is 5.95 Å². The normalized spacial score (nSPS) is 24.7. The number of phosphoric ester groups is 1. The van der Waals surface area contributed by atoms with Crippen LogP contribution in [-0.4, -0.2) is 76.5 Å². The smallest absolute Gasteiger partial charge is 0.465 e. The lowest BCUT2D eigenvalue weighted by molar-refractivity contribution is -0.155. The van der Waals surface area contributed by atoms with Gasteiger partial charge in [-0.3, -0.25) is 18.7 Å². The van der Waals surface area contributed by atoms with Crippen molar-refractivity contribution in [1.29, 1.82) is 0 Å². The van der Waals surface area contributed by atoms with E-state index in [4.69, 9.17) is 35.5 Å². The minimum atomic E-state index is -5.79. The van der Waals surface area contributed by atoms with E-state index in [1.54, 1.807) is 0 Å². The van der Waals surface area contributed by atoms with E-state index >= 15 is 0 Å². The summed E-state index contributed by atoms with van der Waals surface area (Å²) in [4.78, 5) is 71.8. The van der Waals surface area contributed by atoms with Gasteiger partial charge in [-0.1, -0.05) is 0 Å². The lowest BCUT2D eigenvalue weighted by Crippen LogP contribution is -2.36. The molecule has 1 fully saturated rings. The highest BCUT2D eigenvalue weighted by molar-refractivity contribution is 7.66. The van der Waals surface area contributed by atoms with Gasteiger partial charge in [-0.05, 0) is 0 Å². The van der Waals surface area contributed by atoms with Crippen molar-refractivity contribution >= 4 is 58.3 Å². The Hall–Kier alpha value is -2.54. The van der Waals surface area contributed by atoms with Crippen LogP contribution in [0.4, 0.5) is 11.8 Å². The molecule has 21 nitrogen and oxygen atoms in total. The summed E-state index contributed by atoms with van der Waals surface area (Å²) in [5.74, 6) is -2.95. The zero-order valence-corrected chi connectivity index (χ0v) is 22.5. The fraction of sp³-hybridized carbons (Fsp3) is 0.533. The second-order valence-electron chi connectivity index (χ2n) is 7.78. The molecule has 3 heterocycles. The molecule has 2 aromatic rings. The second-order valence-corrected chi connectivity index (χ2v) is 12.2. The molecule has 39 heavy (non-hydrogen) atoms.